The number of halogens is 1. The first-order valence-electron chi connectivity index (χ1n) is 10.5. The van der Waals surface area contributed by atoms with Crippen molar-refractivity contribution in [1.82, 2.24) is 20.2 Å². The number of aryl methyl sites for hydroxylation is 1. The molecule has 0 bridgehead atoms. The first-order chi connectivity index (χ1) is 17.7. The summed E-state index contributed by atoms with van der Waals surface area (Å²) in [5.74, 6) is -2.94. The third kappa shape index (κ3) is 5.53. The number of hydrogen-bond acceptors (Lipinski definition) is 11. The van der Waals surface area contributed by atoms with Gasteiger partial charge in [0.1, 0.15) is 35.8 Å². The van der Waals surface area contributed by atoms with E-state index in [1.54, 1.807) is 17.7 Å². The molecule has 4 rings (SSSR count). The number of carboxylic acids is 1. The molecule has 1 saturated heterocycles. The molecule has 0 saturated carbocycles. The lowest BCUT2D eigenvalue weighted by molar-refractivity contribution is -0.150. The van der Waals surface area contributed by atoms with E-state index in [9.17, 15) is 24.3 Å². The average Bonchev–Trinajstić information content (AvgIpc) is 3.51. The van der Waals surface area contributed by atoms with E-state index in [4.69, 9.17) is 16.4 Å². The zero-order chi connectivity index (χ0) is 26.7. The molecular formula is C21H19ClN6O6S3. The monoisotopic (exact) mass is 582 g/mol. The molecule has 0 unspecified atom stereocenters. The number of oxime groups is 1. The maximum Gasteiger partial charge on any atom is 0.352 e. The van der Waals surface area contributed by atoms with Crippen LogP contribution in [0.4, 0.5) is 5.13 Å². The zero-order valence-electron chi connectivity index (χ0n) is 19.3. The summed E-state index contributed by atoms with van der Waals surface area (Å²) in [6, 6.07) is -0.975. The highest BCUT2D eigenvalue weighted by Gasteiger charge is 2.54. The third-order valence-electron chi connectivity index (χ3n) is 5.22. The summed E-state index contributed by atoms with van der Waals surface area (Å²) in [5, 5.41) is 19.7. The maximum atomic E-state index is 13.0. The number of thioether (sulfide) groups is 1. The molecule has 0 aliphatic carbocycles. The number of aliphatic carboxylic acids is 1. The van der Waals surface area contributed by atoms with E-state index in [-0.39, 0.29) is 28.1 Å². The first-order valence-corrected chi connectivity index (χ1v) is 13.8. The summed E-state index contributed by atoms with van der Waals surface area (Å²) in [4.78, 5) is 64.7. The molecular weight excluding hydrogens is 564 g/mol. The fourth-order valence-electron chi connectivity index (χ4n) is 3.52. The molecule has 0 aromatic carbocycles. The number of nitrogens with zero attached hydrogens (tertiary/aromatic N) is 4. The molecule has 4 heterocycles. The molecule has 2 aromatic heterocycles. The van der Waals surface area contributed by atoms with Gasteiger partial charge in [0.25, 0.3) is 11.8 Å². The van der Waals surface area contributed by atoms with Crippen molar-refractivity contribution in [2.75, 3.05) is 24.1 Å². The van der Waals surface area contributed by atoms with Crippen molar-refractivity contribution in [3.63, 3.8) is 0 Å². The van der Waals surface area contributed by atoms with Gasteiger partial charge in [-0.3, -0.25) is 19.3 Å². The number of alkyl halides is 1. The van der Waals surface area contributed by atoms with Crippen molar-refractivity contribution < 1.29 is 29.1 Å². The van der Waals surface area contributed by atoms with Crippen LogP contribution in [0.1, 0.15) is 16.3 Å². The number of rotatable bonds is 9. The Morgan fingerprint density at radius 1 is 1.35 bits per heavy atom. The molecule has 16 heteroatoms. The minimum atomic E-state index is -1.24. The highest BCUT2D eigenvalue weighted by molar-refractivity contribution is 8.00. The smallest absolute Gasteiger partial charge is 0.352 e. The lowest BCUT2D eigenvalue weighted by atomic mass is 10.0. The fraction of sp³-hybridized carbons (Fsp3) is 0.286. The summed E-state index contributed by atoms with van der Waals surface area (Å²) in [5.41, 5.74) is 2.78. The highest BCUT2D eigenvalue weighted by Crippen LogP contribution is 2.41. The highest BCUT2D eigenvalue weighted by atomic mass is 35.5. The van der Waals surface area contributed by atoms with Gasteiger partial charge in [0.2, 0.25) is 5.91 Å². The minimum Gasteiger partial charge on any atom is -0.477 e. The number of hydrogen-bond donors (Lipinski definition) is 3. The van der Waals surface area contributed by atoms with Crippen LogP contribution in [0.2, 0.25) is 0 Å². The molecule has 2 aliphatic heterocycles. The Bertz CT molecular complexity index is 1350. The van der Waals surface area contributed by atoms with E-state index < -0.39 is 35.1 Å². The second-order valence-electron chi connectivity index (χ2n) is 7.52. The summed E-state index contributed by atoms with van der Waals surface area (Å²) >= 11 is 9.29. The number of aromatic nitrogens is 2. The van der Waals surface area contributed by atoms with Crippen molar-refractivity contribution in [2.24, 2.45) is 5.16 Å². The van der Waals surface area contributed by atoms with Gasteiger partial charge in [0.15, 0.2) is 10.8 Å². The second kappa shape index (κ2) is 11.4. The van der Waals surface area contributed by atoms with Crippen molar-refractivity contribution in [1.29, 1.82) is 0 Å². The van der Waals surface area contributed by atoms with Gasteiger partial charge in [-0.2, -0.15) is 0 Å². The van der Waals surface area contributed by atoms with Crippen molar-refractivity contribution in [3.8, 4) is 0 Å². The number of fused-ring (bicyclic) bond motifs is 1. The zero-order valence-corrected chi connectivity index (χ0v) is 22.5. The Kier molecular flexibility index (Phi) is 8.26. The summed E-state index contributed by atoms with van der Waals surface area (Å²) in [7, 11) is 1.25. The SMILES string of the molecule is CO/N=C(\C(=O)N[C@@H]1C(=O)N2C(C(=O)O)=C(/C=C\c3scnc3C)CS[C@H]12)c1csc(NC(=O)CCl)n1. The Morgan fingerprint density at radius 2 is 2.14 bits per heavy atom. The number of carboxylic acid groups (broad SMARTS) is 1. The van der Waals surface area contributed by atoms with E-state index in [2.05, 4.69) is 25.8 Å². The summed E-state index contributed by atoms with van der Waals surface area (Å²) < 4.78 is 0. The van der Waals surface area contributed by atoms with Crippen LogP contribution in [0.5, 0.6) is 0 Å². The van der Waals surface area contributed by atoms with Crippen molar-refractivity contribution in [3.05, 3.63) is 44.5 Å². The largest absolute Gasteiger partial charge is 0.477 e. The first kappa shape index (κ1) is 26.8. The molecule has 37 heavy (non-hydrogen) atoms. The maximum absolute atomic E-state index is 13.0. The normalized spacial score (nSPS) is 19.5. The molecule has 3 N–H and O–H groups in total. The summed E-state index contributed by atoms with van der Waals surface area (Å²) in [6.07, 6.45) is 3.46. The molecule has 0 radical (unpaired) electrons. The Labute approximate surface area is 227 Å². The molecule has 1 fully saturated rings. The van der Waals surface area contributed by atoms with E-state index in [1.165, 1.54) is 40.5 Å². The number of β-lactam (4-membered cyclic amide) rings is 1. The number of nitrogens with one attached hydrogen (secondary N) is 2. The molecule has 12 nitrogen and oxygen atoms in total. The molecule has 194 valence electrons. The molecule has 2 aliphatic rings. The van der Waals surface area contributed by atoms with Gasteiger partial charge >= 0.3 is 5.97 Å². The molecule has 3 amide bonds. The Balaban J connectivity index is 1.50. The van der Waals surface area contributed by atoms with Crippen LogP contribution >= 0.6 is 46.0 Å². The minimum absolute atomic E-state index is 0.117. The third-order valence-corrected chi connectivity index (χ3v) is 8.42. The van der Waals surface area contributed by atoms with Crippen molar-refractivity contribution in [2.45, 2.75) is 18.3 Å². The van der Waals surface area contributed by atoms with Gasteiger partial charge in [-0.05, 0) is 18.6 Å². The molecule has 0 spiro atoms. The lowest BCUT2D eigenvalue weighted by Gasteiger charge is -2.49. The number of carbonyl (C=O) groups is 4. The van der Waals surface area contributed by atoms with Gasteiger partial charge in [0, 0.05) is 16.0 Å². The van der Waals surface area contributed by atoms with Crippen LogP contribution in [0, 0.1) is 6.92 Å². The van der Waals surface area contributed by atoms with E-state index in [0.29, 0.717) is 11.3 Å². The van der Waals surface area contributed by atoms with E-state index >= 15 is 0 Å². The molecule has 2 atom stereocenters. The van der Waals surface area contributed by atoms with Crippen LogP contribution in [0.3, 0.4) is 0 Å². The number of thiazole rings is 2. The Morgan fingerprint density at radius 3 is 2.78 bits per heavy atom. The van der Waals surface area contributed by atoms with Crippen LogP contribution in [-0.4, -0.2) is 79.5 Å². The van der Waals surface area contributed by atoms with Crippen molar-refractivity contribution >= 4 is 86.6 Å². The van der Waals surface area contributed by atoms with E-state index in [1.807, 2.05) is 6.92 Å². The number of anilines is 1. The predicted molar refractivity (Wildman–Crippen MR) is 141 cm³/mol. The average molecular weight is 583 g/mol. The summed E-state index contributed by atoms with van der Waals surface area (Å²) in [6.45, 7) is 1.85. The number of amides is 3. The van der Waals surface area contributed by atoms with Crippen LogP contribution < -0.4 is 10.6 Å². The van der Waals surface area contributed by atoms with Gasteiger partial charge < -0.3 is 20.6 Å². The van der Waals surface area contributed by atoms with Gasteiger partial charge in [-0.1, -0.05) is 11.2 Å². The standard InChI is InChI=1S/C21H19ClN6O6S3/c1-9-12(37-8-23-9)4-3-10-6-35-19-15(18(31)28(19)16(10)20(32)33)26-17(30)14(27-34-2)11-7-36-21(24-11)25-13(29)5-22/h3-4,7-8,15,19H,5-6H2,1-2H3,(H,26,30)(H,32,33)(H,24,25,29)/b4-3-,27-14-/t15-,19-/m1/s1. The predicted octanol–water partition coefficient (Wildman–Crippen LogP) is 1.89. The van der Waals surface area contributed by atoms with Crippen LogP contribution in [0.15, 0.2) is 33.4 Å². The molecule has 2 aromatic rings. The second-order valence-corrected chi connectivity index (χ2v) is 10.6. The lowest BCUT2D eigenvalue weighted by Crippen LogP contribution is -2.71. The number of allylic oxidation sites excluding steroid dienone is 1. The topological polar surface area (TPSA) is 163 Å². The van der Waals surface area contributed by atoms with Gasteiger partial charge in [0.05, 0.1) is 11.2 Å². The van der Waals surface area contributed by atoms with Gasteiger partial charge in [-0.15, -0.1) is 46.0 Å². The van der Waals surface area contributed by atoms with Crippen LogP contribution in [0.25, 0.3) is 6.08 Å². The quantitative estimate of drug-likeness (QED) is 0.173. The van der Waals surface area contributed by atoms with Crippen LogP contribution in [-0.2, 0) is 24.0 Å². The number of carbonyl (C=O) groups excluding carboxylic acids is 3. The Hall–Kier alpha value is -3.27. The fourth-order valence-corrected chi connectivity index (χ4v) is 6.31. The van der Waals surface area contributed by atoms with E-state index in [0.717, 1.165) is 21.9 Å². The van der Waals surface area contributed by atoms with Gasteiger partial charge in [-0.25, -0.2) is 14.8 Å².